The highest BCUT2D eigenvalue weighted by atomic mass is 19.3. The summed E-state index contributed by atoms with van der Waals surface area (Å²) in [5.41, 5.74) is 5.40. The third kappa shape index (κ3) is 5.74. The molecular weight excluding hydrogens is 344 g/mol. The minimum absolute atomic E-state index is 0.121. The zero-order chi connectivity index (χ0) is 19.5. The Labute approximate surface area is 153 Å². The fraction of sp³-hybridized carbons (Fsp3) is 0.765. The van der Waals surface area contributed by atoms with Gasteiger partial charge in [-0.25, -0.2) is 13.6 Å². The summed E-state index contributed by atoms with van der Waals surface area (Å²) in [7, 11) is 1.67. The van der Waals surface area contributed by atoms with Crippen molar-refractivity contribution in [2.45, 2.75) is 51.2 Å². The van der Waals surface area contributed by atoms with Crippen molar-refractivity contribution < 1.29 is 18.3 Å². The van der Waals surface area contributed by atoms with Crippen molar-refractivity contribution in [1.29, 1.82) is 0 Å². The Morgan fingerprint density at radius 1 is 1.27 bits per heavy atom. The molecule has 1 aliphatic heterocycles. The molecule has 1 saturated heterocycles. The van der Waals surface area contributed by atoms with Crippen molar-refractivity contribution in [3.63, 3.8) is 0 Å². The maximum atomic E-state index is 14.5. The van der Waals surface area contributed by atoms with Gasteiger partial charge < -0.3 is 25.6 Å². The molecule has 0 bridgehead atoms. The third-order valence-electron chi connectivity index (χ3n) is 3.96. The number of aliphatic imine (C=N–C) groups is 1. The van der Waals surface area contributed by atoms with Gasteiger partial charge in [-0.3, -0.25) is 4.99 Å². The molecule has 148 valence electrons. The fourth-order valence-corrected chi connectivity index (χ4v) is 2.64. The number of amidine groups is 1. The number of halogens is 2. The molecule has 2 rings (SSSR count). The van der Waals surface area contributed by atoms with Gasteiger partial charge in [-0.05, 0) is 33.6 Å². The van der Waals surface area contributed by atoms with Gasteiger partial charge in [0.2, 0.25) is 0 Å². The Morgan fingerprint density at radius 2 is 1.85 bits per heavy atom. The summed E-state index contributed by atoms with van der Waals surface area (Å²) in [6.07, 6.45) is 2.48. The van der Waals surface area contributed by atoms with Gasteiger partial charge in [0.05, 0.1) is 24.8 Å². The standard InChI is InChI=1S/C17H29F2N5O2/c1-16(2,3)26-15(25)24-8-7-23(10-17(18,19)11-24)14(13(9-20)21-4)22-12-5-6-12/h9,12,21H,5-8,10-11,20H2,1-4H3/b13-9+,22-14?. The number of rotatable bonds is 3. The second kappa shape index (κ2) is 7.67. The van der Waals surface area contributed by atoms with Crippen LogP contribution in [0.1, 0.15) is 33.6 Å². The summed E-state index contributed by atoms with van der Waals surface area (Å²) < 4.78 is 34.3. The molecule has 3 N–H and O–H groups in total. The molecular formula is C17H29F2N5O2. The van der Waals surface area contributed by atoms with E-state index in [0.29, 0.717) is 11.5 Å². The summed E-state index contributed by atoms with van der Waals surface area (Å²) in [4.78, 5) is 19.4. The van der Waals surface area contributed by atoms with Crippen LogP contribution in [0.3, 0.4) is 0 Å². The van der Waals surface area contributed by atoms with Gasteiger partial charge >= 0.3 is 6.09 Å². The average Bonchev–Trinajstić information content (AvgIpc) is 3.32. The lowest BCUT2D eigenvalue weighted by atomic mass is 10.2. The normalized spacial score (nSPS) is 22.1. The van der Waals surface area contributed by atoms with Crippen LogP contribution in [-0.2, 0) is 4.74 Å². The molecule has 1 heterocycles. The Kier molecular flexibility index (Phi) is 5.98. The number of alkyl halides is 2. The van der Waals surface area contributed by atoms with E-state index in [-0.39, 0.29) is 19.1 Å². The highest BCUT2D eigenvalue weighted by Crippen LogP contribution is 2.27. The monoisotopic (exact) mass is 373 g/mol. The lowest BCUT2D eigenvalue weighted by Gasteiger charge is -2.28. The molecule has 0 aromatic heterocycles. The lowest BCUT2D eigenvalue weighted by Crippen LogP contribution is -2.45. The van der Waals surface area contributed by atoms with Crippen molar-refractivity contribution in [1.82, 2.24) is 15.1 Å². The lowest BCUT2D eigenvalue weighted by molar-refractivity contribution is -0.0377. The van der Waals surface area contributed by atoms with Crippen LogP contribution in [0.5, 0.6) is 0 Å². The van der Waals surface area contributed by atoms with Crippen LogP contribution >= 0.6 is 0 Å². The van der Waals surface area contributed by atoms with E-state index < -0.39 is 30.7 Å². The first-order valence-corrected chi connectivity index (χ1v) is 8.83. The molecule has 0 atom stereocenters. The molecule has 0 spiro atoms. The second-order valence-corrected chi connectivity index (χ2v) is 7.69. The number of nitrogens with one attached hydrogen (secondary N) is 1. The fourth-order valence-electron chi connectivity index (χ4n) is 2.64. The quantitative estimate of drug-likeness (QED) is 0.582. The van der Waals surface area contributed by atoms with E-state index in [9.17, 15) is 13.6 Å². The van der Waals surface area contributed by atoms with Crippen molar-refractivity contribution in [2.24, 2.45) is 10.7 Å². The van der Waals surface area contributed by atoms with Crippen LogP contribution in [0.25, 0.3) is 0 Å². The van der Waals surface area contributed by atoms with Crippen molar-refractivity contribution >= 4 is 11.9 Å². The molecule has 0 aromatic rings. The molecule has 0 aromatic carbocycles. The largest absolute Gasteiger partial charge is 0.444 e. The number of likely N-dealkylation sites (N-methyl/N-ethyl adjacent to an activating group) is 1. The number of hydrogen-bond acceptors (Lipinski definition) is 5. The van der Waals surface area contributed by atoms with E-state index in [1.54, 1.807) is 27.8 Å². The predicted molar refractivity (Wildman–Crippen MR) is 96.1 cm³/mol. The average molecular weight is 373 g/mol. The number of carbonyl (C=O) groups is 1. The maximum absolute atomic E-state index is 14.5. The minimum Gasteiger partial charge on any atom is -0.444 e. The SMILES string of the molecule is CN/C(=C/N)C(=NC1CC1)N1CCN(C(=O)OC(C)(C)C)CC(F)(F)C1. The third-order valence-corrected chi connectivity index (χ3v) is 3.96. The topological polar surface area (TPSA) is 83.2 Å². The zero-order valence-corrected chi connectivity index (χ0v) is 15.9. The summed E-state index contributed by atoms with van der Waals surface area (Å²) in [6, 6.07) is 0.145. The number of carbonyl (C=O) groups excluding carboxylic acids is 1. The molecule has 7 nitrogen and oxygen atoms in total. The van der Waals surface area contributed by atoms with E-state index in [4.69, 9.17) is 10.5 Å². The molecule has 1 amide bonds. The Morgan fingerprint density at radius 3 is 2.35 bits per heavy atom. The minimum atomic E-state index is -3.09. The number of nitrogens with two attached hydrogens (primary N) is 1. The van der Waals surface area contributed by atoms with Gasteiger partial charge in [-0.2, -0.15) is 0 Å². The van der Waals surface area contributed by atoms with E-state index >= 15 is 0 Å². The van der Waals surface area contributed by atoms with E-state index in [0.717, 1.165) is 17.7 Å². The Balaban J connectivity index is 2.20. The zero-order valence-electron chi connectivity index (χ0n) is 15.9. The molecule has 0 radical (unpaired) electrons. The Hall–Kier alpha value is -2.06. The van der Waals surface area contributed by atoms with Gasteiger partial charge in [0, 0.05) is 26.3 Å². The summed E-state index contributed by atoms with van der Waals surface area (Å²) in [5.74, 6) is -2.67. The highest BCUT2D eigenvalue weighted by Gasteiger charge is 2.41. The van der Waals surface area contributed by atoms with Gasteiger partial charge in [-0.15, -0.1) is 0 Å². The number of ether oxygens (including phenoxy) is 1. The number of nitrogens with zero attached hydrogens (tertiary/aromatic N) is 3. The van der Waals surface area contributed by atoms with Gasteiger partial charge in [-0.1, -0.05) is 0 Å². The summed E-state index contributed by atoms with van der Waals surface area (Å²) in [6.45, 7) is 4.25. The number of hydrogen-bond donors (Lipinski definition) is 2. The molecule has 2 fully saturated rings. The van der Waals surface area contributed by atoms with Crippen LogP contribution in [0.15, 0.2) is 16.9 Å². The molecule has 0 unspecified atom stereocenters. The van der Waals surface area contributed by atoms with Crippen LogP contribution in [0.2, 0.25) is 0 Å². The van der Waals surface area contributed by atoms with Gasteiger partial charge in [0.15, 0.2) is 0 Å². The maximum Gasteiger partial charge on any atom is 0.410 e. The molecule has 26 heavy (non-hydrogen) atoms. The van der Waals surface area contributed by atoms with Gasteiger partial charge in [0.25, 0.3) is 5.92 Å². The summed E-state index contributed by atoms with van der Waals surface area (Å²) >= 11 is 0. The van der Waals surface area contributed by atoms with Crippen LogP contribution in [0.4, 0.5) is 13.6 Å². The van der Waals surface area contributed by atoms with E-state index in [2.05, 4.69) is 10.3 Å². The van der Waals surface area contributed by atoms with Gasteiger partial charge in [0.1, 0.15) is 11.4 Å². The summed E-state index contributed by atoms with van der Waals surface area (Å²) in [5, 5.41) is 2.91. The molecule has 1 saturated carbocycles. The van der Waals surface area contributed by atoms with E-state index in [1.165, 1.54) is 11.1 Å². The molecule has 2 aliphatic rings. The molecule has 9 heteroatoms. The van der Waals surface area contributed by atoms with Crippen molar-refractivity contribution in [3.05, 3.63) is 11.9 Å². The second-order valence-electron chi connectivity index (χ2n) is 7.69. The Bertz CT molecular complexity index is 582. The first kappa shape index (κ1) is 20.3. The first-order chi connectivity index (χ1) is 12.0. The smallest absolute Gasteiger partial charge is 0.410 e. The first-order valence-electron chi connectivity index (χ1n) is 8.83. The molecule has 1 aliphatic carbocycles. The van der Waals surface area contributed by atoms with Crippen molar-refractivity contribution in [2.75, 3.05) is 33.2 Å². The number of amides is 1. The van der Waals surface area contributed by atoms with Crippen molar-refractivity contribution in [3.8, 4) is 0 Å². The van der Waals surface area contributed by atoms with Crippen LogP contribution in [-0.4, -0.2) is 72.5 Å². The highest BCUT2D eigenvalue weighted by molar-refractivity contribution is 5.98. The van der Waals surface area contributed by atoms with E-state index in [1.807, 2.05) is 0 Å². The van der Waals surface area contributed by atoms with Crippen LogP contribution < -0.4 is 11.1 Å². The van der Waals surface area contributed by atoms with Crippen LogP contribution in [0, 0.1) is 0 Å². The predicted octanol–water partition coefficient (Wildman–Crippen LogP) is 1.75.